The summed E-state index contributed by atoms with van der Waals surface area (Å²) in [6, 6.07) is 9.12. The van der Waals surface area contributed by atoms with Gasteiger partial charge in [-0.25, -0.2) is 0 Å². The minimum absolute atomic E-state index is 0.449. The van der Waals surface area contributed by atoms with E-state index in [1.54, 1.807) is 0 Å². The number of aryl methyl sites for hydroxylation is 1. The molecule has 0 saturated carbocycles. The van der Waals surface area contributed by atoms with E-state index in [2.05, 4.69) is 48.5 Å². The number of nitrogens with one attached hydrogen (secondary N) is 1. The summed E-state index contributed by atoms with van der Waals surface area (Å²) in [6.45, 7) is 7.38. The number of nitrogens with zero attached hydrogens (tertiary/aromatic N) is 1. The molecule has 0 bridgehead atoms. The lowest BCUT2D eigenvalue weighted by molar-refractivity contribution is 0.140. The lowest BCUT2D eigenvalue weighted by Crippen LogP contribution is -2.30. The van der Waals surface area contributed by atoms with Gasteiger partial charge in [-0.15, -0.1) is 0 Å². The Morgan fingerprint density at radius 3 is 2.89 bits per heavy atom. The lowest BCUT2D eigenvalue weighted by atomic mass is 9.99. The predicted octanol–water partition coefficient (Wildman–Crippen LogP) is 2.37. The predicted molar refractivity (Wildman–Crippen MR) is 79.5 cm³/mol. The maximum atomic E-state index is 5.50. The van der Waals surface area contributed by atoms with E-state index in [1.807, 2.05) is 0 Å². The molecule has 2 rings (SSSR count). The van der Waals surface area contributed by atoms with E-state index in [1.165, 1.54) is 17.7 Å². The van der Waals surface area contributed by atoms with Gasteiger partial charge < -0.3 is 15.0 Å². The molecule has 0 radical (unpaired) electrons. The quantitative estimate of drug-likeness (QED) is 0.881. The summed E-state index contributed by atoms with van der Waals surface area (Å²) in [5, 5.41) is 3.46. The largest absolute Gasteiger partial charge is 0.380 e. The number of rotatable bonds is 5. The van der Waals surface area contributed by atoms with Crippen molar-refractivity contribution in [1.82, 2.24) is 10.2 Å². The van der Waals surface area contributed by atoms with E-state index in [-0.39, 0.29) is 0 Å². The zero-order valence-corrected chi connectivity index (χ0v) is 12.2. The van der Waals surface area contributed by atoms with Crippen LogP contribution in [0, 0.1) is 6.92 Å². The van der Waals surface area contributed by atoms with Gasteiger partial charge in [0.2, 0.25) is 0 Å². The SMILES string of the molecule is CNC(CCN1CCCOCC1)c1ccccc1C. The van der Waals surface area contributed by atoms with Crippen LogP contribution in [0.1, 0.15) is 30.0 Å². The van der Waals surface area contributed by atoms with Crippen molar-refractivity contribution in [2.24, 2.45) is 0 Å². The Kier molecular flexibility index (Phi) is 5.83. The van der Waals surface area contributed by atoms with Crippen molar-refractivity contribution in [2.75, 3.05) is 39.9 Å². The Balaban J connectivity index is 1.90. The molecule has 1 atom stereocenters. The molecule has 1 N–H and O–H groups in total. The molecule has 1 saturated heterocycles. The highest BCUT2D eigenvalue weighted by Gasteiger charge is 2.14. The third-order valence-corrected chi connectivity index (χ3v) is 3.96. The third kappa shape index (κ3) is 4.30. The first-order valence-electron chi connectivity index (χ1n) is 7.34. The topological polar surface area (TPSA) is 24.5 Å². The van der Waals surface area contributed by atoms with Crippen molar-refractivity contribution in [2.45, 2.75) is 25.8 Å². The van der Waals surface area contributed by atoms with Crippen molar-refractivity contribution >= 4 is 0 Å². The molecule has 3 heteroatoms. The van der Waals surface area contributed by atoms with E-state index in [9.17, 15) is 0 Å². The zero-order chi connectivity index (χ0) is 13.5. The average Bonchev–Trinajstić information content (AvgIpc) is 2.70. The van der Waals surface area contributed by atoms with E-state index < -0.39 is 0 Å². The lowest BCUT2D eigenvalue weighted by Gasteiger charge is -2.24. The highest BCUT2D eigenvalue weighted by Crippen LogP contribution is 2.20. The summed E-state index contributed by atoms with van der Waals surface area (Å²) in [4.78, 5) is 2.52. The highest BCUT2D eigenvalue weighted by molar-refractivity contribution is 5.28. The summed E-state index contributed by atoms with van der Waals surface area (Å²) in [7, 11) is 2.06. The van der Waals surface area contributed by atoms with Gasteiger partial charge in [-0.1, -0.05) is 24.3 Å². The van der Waals surface area contributed by atoms with Gasteiger partial charge in [0, 0.05) is 32.3 Å². The van der Waals surface area contributed by atoms with E-state index in [0.717, 1.165) is 39.1 Å². The molecule has 3 nitrogen and oxygen atoms in total. The number of hydrogen-bond donors (Lipinski definition) is 1. The molecule has 1 aromatic carbocycles. The molecule has 1 aliphatic heterocycles. The fourth-order valence-electron chi connectivity index (χ4n) is 2.77. The summed E-state index contributed by atoms with van der Waals surface area (Å²) < 4.78 is 5.50. The van der Waals surface area contributed by atoms with Crippen molar-refractivity contribution < 1.29 is 4.74 Å². The molecule has 0 amide bonds. The van der Waals surface area contributed by atoms with Crippen molar-refractivity contribution in [3.8, 4) is 0 Å². The minimum atomic E-state index is 0.449. The molecule has 106 valence electrons. The standard InChI is InChI=1S/C16H26N2O/c1-14-6-3-4-7-15(14)16(17-2)8-10-18-9-5-12-19-13-11-18/h3-4,6-7,16-17H,5,8-13H2,1-2H3. The van der Waals surface area contributed by atoms with E-state index in [4.69, 9.17) is 4.74 Å². The molecular formula is C16H26N2O. The first-order chi connectivity index (χ1) is 9.31. The molecule has 19 heavy (non-hydrogen) atoms. The van der Waals surface area contributed by atoms with Gasteiger partial charge in [0.15, 0.2) is 0 Å². The highest BCUT2D eigenvalue weighted by atomic mass is 16.5. The van der Waals surface area contributed by atoms with Crippen LogP contribution >= 0.6 is 0 Å². The van der Waals surface area contributed by atoms with Gasteiger partial charge in [0.25, 0.3) is 0 Å². The molecule has 1 fully saturated rings. The summed E-state index contributed by atoms with van der Waals surface area (Å²) in [5.41, 5.74) is 2.80. The fourth-order valence-corrected chi connectivity index (χ4v) is 2.77. The average molecular weight is 262 g/mol. The minimum Gasteiger partial charge on any atom is -0.380 e. The Bertz CT molecular complexity index is 373. The van der Waals surface area contributed by atoms with Crippen LogP contribution in [0.25, 0.3) is 0 Å². The fraction of sp³-hybridized carbons (Fsp3) is 0.625. The first-order valence-corrected chi connectivity index (χ1v) is 7.34. The van der Waals surface area contributed by atoms with Crippen molar-refractivity contribution in [1.29, 1.82) is 0 Å². The van der Waals surface area contributed by atoms with Crippen LogP contribution in [-0.4, -0.2) is 44.8 Å². The second-order valence-electron chi connectivity index (χ2n) is 5.29. The maximum Gasteiger partial charge on any atom is 0.0593 e. The Hall–Kier alpha value is -0.900. The molecule has 1 aliphatic rings. The normalized spacial score (nSPS) is 19.1. The van der Waals surface area contributed by atoms with Gasteiger partial charge in [0.1, 0.15) is 0 Å². The maximum absolute atomic E-state index is 5.50. The van der Waals surface area contributed by atoms with Crippen molar-refractivity contribution in [3.05, 3.63) is 35.4 Å². The van der Waals surface area contributed by atoms with Crippen LogP contribution in [0.3, 0.4) is 0 Å². The molecule has 0 aromatic heterocycles. The summed E-state index contributed by atoms with van der Waals surface area (Å²) >= 11 is 0. The van der Waals surface area contributed by atoms with Crippen LogP contribution in [-0.2, 0) is 4.74 Å². The van der Waals surface area contributed by atoms with Gasteiger partial charge >= 0.3 is 0 Å². The molecule has 0 aliphatic carbocycles. The number of ether oxygens (including phenoxy) is 1. The Morgan fingerprint density at radius 2 is 2.11 bits per heavy atom. The first kappa shape index (κ1) is 14.5. The van der Waals surface area contributed by atoms with Crippen LogP contribution in [0.2, 0.25) is 0 Å². The summed E-state index contributed by atoms with van der Waals surface area (Å²) in [5.74, 6) is 0. The second kappa shape index (κ2) is 7.63. The number of benzene rings is 1. The van der Waals surface area contributed by atoms with Crippen LogP contribution in [0.15, 0.2) is 24.3 Å². The Labute approximate surface area is 116 Å². The van der Waals surface area contributed by atoms with Crippen LogP contribution in [0.5, 0.6) is 0 Å². The molecule has 0 spiro atoms. The summed E-state index contributed by atoms with van der Waals surface area (Å²) in [6.07, 6.45) is 2.32. The molecule has 1 aromatic rings. The van der Waals surface area contributed by atoms with Crippen LogP contribution in [0.4, 0.5) is 0 Å². The third-order valence-electron chi connectivity index (χ3n) is 3.96. The van der Waals surface area contributed by atoms with Crippen molar-refractivity contribution in [3.63, 3.8) is 0 Å². The zero-order valence-electron chi connectivity index (χ0n) is 12.2. The second-order valence-corrected chi connectivity index (χ2v) is 5.29. The molecule has 1 heterocycles. The molecular weight excluding hydrogens is 236 g/mol. The molecule has 1 unspecified atom stereocenters. The van der Waals surface area contributed by atoms with E-state index >= 15 is 0 Å². The van der Waals surface area contributed by atoms with Gasteiger partial charge in [-0.3, -0.25) is 0 Å². The van der Waals surface area contributed by atoms with E-state index in [0.29, 0.717) is 6.04 Å². The van der Waals surface area contributed by atoms with Gasteiger partial charge in [-0.2, -0.15) is 0 Å². The smallest absolute Gasteiger partial charge is 0.0593 e. The van der Waals surface area contributed by atoms with Gasteiger partial charge in [-0.05, 0) is 37.9 Å². The van der Waals surface area contributed by atoms with Crippen LogP contribution < -0.4 is 5.32 Å². The van der Waals surface area contributed by atoms with Gasteiger partial charge in [0.05, 0.1) is 6.61 Å². The monoisotopic (exact) mass is 262 g/mol. The Morgan fingerprint density at radius 1 is 1.26 bits per heavy atom. The number of hydrogen-bond acceptors (Lipinski definition) is 3.